The summed E-state index contributed by atoms with van der Waals surface area (Å²) >= 11 is 0. The van der Waals surface area contributed by atoms with E-state index in [4.69, 9.17) is 0 Å². The molecule has 14 heavy (non-hydrogen) atoms. The second-order valence-corrected chi connectivity index (χ2v) is 3.07. The van der Waals surface area contributed by atoms with Crippen molar-refractivity contribution in [1.82, 2.24) is 0 Å². The van der Waals surface area contributed by atoms with E-state index < -0.39 is 0 Å². The zero-order chi connectivity index (χ0) is 10.4. The van der Waals surface area contributed by atoms with Crippen LogP contribution in [-0.2, 0) is 16.0 Å². The quantitative estimate of drug-likeness (QED) is 0.540. The van der Waals surface area contributed by atoms with Gasteiger partial charge in [-0.2, -0.15) is 0 Å². The molecule has 0 saturated heterocycles. The van der Waals surface area contributed by atoms with Crippen molar-refractivity contribution < 1.29 is 9.53 Å². The van der Waals surface area contributed by atoms with Gasteiger partial charge in [0.1, 0.15) is 0 Å². The van der Waals surface area contributed by atoms with Gasteiger partial charge in [0.25, 0.3) is 0 Å². The number of benzene rings is 1. The largest absolute Gasteiger partial charge is 0.466 e. The van der Waals surface area contributed by atoms with Gasteiger partial charge in [-0.3, -0.25) is 0 Å². The zero-order valence-electron chi connectivity index (χ0n) is 8.49. The van der Waals surface area contributed by atoms with Crippen molar-refractivity contribution >= 4 is 5.97 Å². The number of methoxy groups -OCH3 is 1. The molecule has 0 aliphatic heterocycles. The molecule has 0 heterocycles. The highest BCUT2D eigenvalue weighted by Crippen LogP contribution is 2.03. The average molecular weight is 190 g/mol. The van der Waals surface area contributed by atoms with Crippen LogP contribution in [0.1, 0.15) is 12.5 Å². The Balaban J connectivity index is 2.59. The summed E-state index contributed by atoms with van der Waals surface area (Å²) in [4.78, 5) is 11.0. The van der Waals surface area contributed by atoms with Crippen LogP contribution in [0.5, 0.6) is 0 Å². The molecule has 1 aromatic rings. The molecule has 1 rings (SSSR count). The maximum absolute atomic E-state index is 11.0. The Morgan fingerprint density at radius 2 is 2.00 bits per heavy atom. The molecule has 74 valence electrons. The first-order valence-electron chi connectivity index (χ1n) is 4.53. The Morgan fingerprint density at radius 3 is 2.57 bits per heavy atom. The minimum atomic E-state index is -0.263. The summed E-state index contributed by atoms with van der Waals surface area (Å²) in [6, 6.07) is 10.00. The first-order valence-corrected chi connectivity index (χ1v) is 4.53. The lowest BCUT2D eigenvalue weighted by atomic mass is 10.1. The summed E-state index contributed by atoms with van der Waals surface area (Å²) in [5, 5.41) is 0. The summed E-state index contributed by atoms with van der Waals surface area (Å²) < 4.78 is 4.59. The standard InChI is InChI=1S/C12H14O2/c1-10(12(13)14-2)8-9-11-6-4-3-5-7-11/h3-8H,9H2,1-2H3/b10-8+. The fourth-order valence-electron chi connectivity index (χ4n) is 1.13. The topological polar surface area (TPSA) is 26.3 Å². The van der Waals surface area contributed by atoms with Crippen LogP contribution >= 0.6 is 0 Å². The Labute approximate surface area is 84.2 Å². The number of carbonyl (C=O) groups is 1. The smallest absolute Gasteiger partial charge is 0.333 e. The van der Waals surface area contributed by atoms with Crippen LogP contribution in [0, 0.1) is 0 Å². The Kier molecular flexibility index (Phi) is 3.92. The Bertz CT molecular complexity index is 325. The number of carbonyl (C=O) groups excluding carboxylic acids is 1. The molecule has 0 unspecified atom stereocenters. The van der Waals surface area contributed by atoms with Gasteiger partial charge in [0.2, 0.25) is 0 Å². The van der Waals surface area contributed by atoms with Gasteiger partial charge in [-0.25, -0.2) is 4.79 Å². The van der Waals surface area contributed by atoms with E-state index in [1.165, 1.54) is 12.7 Å². The van der Waals surface area contributed by atoms with Crippen LogP contribution in [-0.4, -0.2) is 13.1 Å². The molecule has 0 fully saturated rings. The predicted octanol–water partition coefficient (Wildman–Crippen LogP) is 2.35. The molecule has 0 radical (unpaired) electrons. The maximum Gasteiger partial charge on any atom is 0.333 e. The minimum absolute atomic E-state index is 0.263. The molecule has 2 heteroatoms. The normalized spacial score (nSPS) is 11.1. The van der Waals surface area contributed by atoms with Crippen molar-refractivity contribution in [1.29, 1.82) is 0 Å². The highest BCUT2D eigenvalue weighted by molar-refractivity contribution is 5.87. The molecule has 0 spiro atoms. The molecular weight excluding hydrogens is 176 g/mol. The third kappa shape index (κ3) is 3.05. The van der Waals surface area contributed by atoms with Gasteiger partial charge in [-0.05, 0) is 18.9 Å². The van der Waals surface area contributed by atoms with Crippen LogP contribution in [0.15, 0.2) is 42.0 Å². The second-order valence-electron chi connectivity index (χ2n) is 3.07. The SMILES string of the molecule is COC(=O)/C(C)=C/Cc1ccccc1. The summed E-state index contributed by atoms with van der Waals surface area (Å²) in [5.41, 5.74) is 1.84. The fourth-order valence-corrected chi connectivity index (χ4v) is 1.13. The molecule has 0 aliphatic rings. The summed E-state index contributed by atoms with van der Waals surface area (Å²) in [6.45, 7) is 1.76. The van der Waals surface area contributed by atoms with E-state index in [1.807, 2.05) is 36.4 Å². The number of hydrogen-bond donors (Lipinski definition) is 0. The van der Waals surface area contributed by atoms with Crippen LogP contribution in [0.3, 0.4) is 0 Å². The van der Waals surface area contributed by atoms with Crippen LogP contribution < -0.4 is 0 Å². The number of rotatable bonds is 3. The van der Waals surface area contributed by atoms with E-state index in [0.29, 0.717) is 5.57 Å². The molecule has 2 nitrogen and oxygen atoms in total. The van der Waals surface area contributed by atoms with Gasteiger partial charge < -0.3 is 4.74 Å². The number of hydrogen-bond acceptors (Lipinski definition) is 2. The second kappa shape index (κ2) is 5.22. The molecule has 0 aromatic heterocycles. The molecule has 0 aliphatic carbocycles. The van der Waals surface area contributed by atoms with Crippen molar-refractivity contribution in [3.05, 3.63) is 47.5 Å². The average Bonchev–Trinajstić information content (AvgIpc) is 2.26. The first-order chi connectivity index (χ1) is 6.74. The van der Waals surface area contributed by atoms with E-state index in [-0.39, 0.29) is 5.97 Å². The van der Waals surface area contributed by atoms with E-state index in [2.05, 4.69) is 4.74 Å². The van der Waals surface area contributed by atoms with E-state index in [1.54, 1.807) is 6.92 Å². The lowest BCUT2D eigenvalue weighted by molar-refractivity contribution is -0.136. The predicted molar refractivity (Wildman–Crippen MR) is 55.9 cm³/mol. The molecular formula is C12H14O2. The van der Waals surface area contributed by atoms with Crippen molar-refractivity contribution in [2.75, 3.05) is 7.11 Å². The van der Waals surface area contributed by atoms with Gasteiger partial charge in [-0.15, -0.1) is 0 Å². The molecule has 0 atom stereocenters. The van der Waals surface area contributed by atoms with Crippen molar-refractivity contribution in [3.8, 4) is 0 Å². The number of esters is 1. The zero-order valence-corrected chi connectivity index (χ0v) is 8.49. The van der Waals surface area contributed by atoms with Crippen molar-refractivity contribution in [2.24, 2.45) is 0 Å². The molecule has 0 bridgehead atoms. The lowest BCUT2D eigenvalue weighted by Gasteiger charge is -1.99. The van der Waals surface area contributed by atoms with Crippen LogP contribution in [0.25, 0.3) is 0 Å². The minimum Gasteiger partial charge on any atom is -0.466 e. The third-order valence-corrected chi connectivity index (χ3v) is 1.99. The fraction of sp³-hybridized carbons (Fsp3) is 0.250. The molecule has 0 N–H and O–H groups in total. The van der Waals surface area contributed by atoms with Gasteiger partial charge in [-0.1, -0.05) is 36.4 Å². The van der Waals surface area contributed by atoms with E-state index >= 15 is 0 Å². The third-order valence-electron chi connectivity index (χ3n) is 1.99. The van der Waals surface area contributed by atoms with Gasteiger partial charge in [0.15, 0.2) is 0 Å². The molecule has 0 amide bonds. The monoisotopic (exact) mass is 190 g/mol. The summed E-state index contributed by atoms with van der Waals surface area (Å²) in [7, 11) is 1.39. The lowest BCUT2D eigenvalue weighted by Crippen LogP contribution is -2.01. The van der Waals surface area contributed by atoms with Crippen LogP contribution in [0.2, 0.25) is 0 Å². The van der Waals surface area contributed by atoms with Crippen molar-refractivity contribution in [3.63, 3.8) is 0 Å². The first kappa shape index (κ1) is 10.5. The molecule has 1 aromatic carbocycles. The van der Waals surface area contributed by atoms with Crippen molar-refractivity contribution in [2.45, 2.75) is 13.3 Å². The van der Waals surface area contributed by atoms with Gasteiger partial charge in [0.05, 0.1) is 7.11 Å². The summed E-state index contributed by atoms with van der Waals surface area (Å²) in [5.74, 6) is -0.263. The molecule has 0 saturated carbocycles. The number of ether oxygens (including phenoxy) is 1. The van der Waals surface area contributed by atoms with E-state index in [9.17, 15) is 4.79 Å². The highest BCUT2D eigenvalue weighted by Gasteiger charge is 2.01. The van der Waals surface area contributed by atoms with Gasteiger partial charge >= 0.3 is 5.97 Å². The Hall–Kier alpha value is -1.57. The van der Waals surface area contributed by atoms with Crippen LogP contribution in [0.4, 0.5) is 0 Å². The maximum atomic E-state index is 11.0. The van der Waals surface area contributed by atoms with E-state index in [0.717, 1.165) is 6.42 Å². The summed E-state index contributed by atoms with van der Waals surface area (Å²) in [6.07, 6.45) is 2.64. The van der Waals surface area contributed by atoms with Gasteiger partial charge in [0, 0.05) is 5.57 Å². The highest BCUT2D eigenvalue weighted by atomic mass is 16.5. The Morgan fingerprint density at radius 1 is 1.36 bits per heavy atom. The number of allylic oxidation sites excluding steroid dienone is 1.